The minimum Gasteiger partial charge on any atom is -0.469 e. The lowest BCUT2D eigenvalue weighted by Gasteiger charge is -2.34. The molecule has 1 heterocycles. The molecule has 2 N–H and O–H groups in total. The number of carbonyl (C=O) groups excluding carboxylic acids is 1. The molecule has 0 aromatic heterocycles. The molecule has 2 unspecified atom stereocenters. The van der Waals surface area contributed by atoms with Crippen molar-refractivity contribution in [3.8, 4) is 0 Å². The maximum Gasteiger partial charge on any atom is 0.310 e. The largest absolute Gasteiger partial charge is 0.469 e. The van der Waals surface area contributed by atoms with Crippen molar-refractivity contribution < 1.29 is 9.53 Å². The Balaban J connectivity index is 1.98. The van der Waals surface area contributed by atoms with Crippen molar-refractivity contribution in [1.82, 2.24) is 4.90 Å². The highest BCUT2D eigenvalue weighted by molar-refractivity contribution is 5.72. The average molecular weight is 248 g/mol. The highest BCUT2D eigenvalue weighted by atomic mass is 16.5. The molecule has 0 spiro atoms. The first-order valence-electron chi connectivity index (χ1n) is 6.28. The number of methoxy groups -OCH3 is 1. The van der Waals surface area contributed by atoms with Crippen LogP contribution in [0.1, 0.15) is 12.0 Å². The van der Waals surface area contributed by atoms with Gasteiger partial charge in [0, 0.05) is 25.7 Å². The Kier molecular flexibility index (Phi) is 4.33. The van der Waals surface area contributed by atoms with Crippen molar-refractivity contribution in [3.63, 3.8) is 0 Å². The molecular formula is C14H20N2O2. The van der Waals surface area contributed by atoms with Crippen molar-refractivity contribution in [2.24, 2.45) is 11.7 Å². The first-order chi connectivity index (χ1) is 8.69. The highest BCUT2D eigenvalue weighted by Crippen LogP contribution is 2.19. The van der Waals surface area contributed by atoms with Crippen molar-refractivity contribution >= 4 is 5.97 Å². The van der Waals surface area contributed by atoms with Crippen LogP contribution in [0.3, 0.4) is 0 Å². The Labute approximate surface area is 108 Å². The van der Waals surface area contributed by atoms with Gasteiger partial charge in [0.15, 0.2) is 0 Å². The fourth-order valence-electron chi connectivity index (χ4n) is 2.54. The van der Waals surface area contributed by atoms with Crippen LogP contribution in [0, 0.1) is 5.92 Å². The summed E-state index contributed by atoms with van der Waals surface area (Å²) < 4.78 is 4.82. The number of hydrogen-bond donors (Lipinski definition) is 1. The van der Waals surface area contributed by atoms with E-state index in [1.54, 1.807) is 0 Å². The first kappa shape index (κ1) is 13.1. The van der Waals surface area contributed by atoms with Gasteiger partial charge in [0.2, 0.25) is 0 Å². The maximum atomic E-state index is 11.6. The second-order valence-electron chi connectivity index (χ2n) is 4.90. The van der Waals surface area contributed by atoms with E-state index in [1.807, 2.05) is 18.2 Å². The summed E-state index contributed by atoms with van der Waals surface area (Å²) in [4.78, 5) is 13.8. The normalized spacial score (nSPS) is 24.8. The molecule has 1 aromatic rings. The van der Waals surface area contributed by atoms with Crippen molar-refractivity contribution in [2.75, 3.05) is 20.2 Å². The summed E-state index contributed by atoms with van der Waals surface area (Å²) in [7, 11) is 1.43. The number of nitrogens with two attached hydrogens (primary N) is 1. The third-order valence-electron chi connectivity index (χ3n) is 3.34. The summed E-state index contributed by atoms with van der Waals surface area (Å²) in [5.74, 6) is -0.245. The standard InChI is InChI=1S/C14H20N2O2/c1-18-14(17)12-7-13(15)10-16(9-12)8-11-5-3-2-4-6-11/h2-6,12-13H,7-10,15H2,1H3. The fourth-order valence-corrected chi connectivity index (χ4v) is 2.54. The van der Waals surface area contributed by atoms with Gasteiger partial charge in [-0.2, -0.15) is 0 Å². The summed E-state index contributed by atoms with van der Waals surface area (Å²) in [5.41, 5.74) is 7.26. The lowest BCUT2D eigenvalue weighted by atomic mass is 9.94. The van der Waals surface area contributed by atoms with E-state index in [-0.39, 0.29) is 17.9 Å². The monoisotopic (exact) mass is 248 g/mol. The molecule has 1 aliphatic heterocycles. The van der Waals surface area contributed by atoms with E-state index in [2.05, 4.69) is 17.0 Å². The molecule has 0 amide bonds. The third kappa shape index (κ3) is 3.31. The summed E-state index contributed by atoms with van der Waals surface area (Å²) in [6, 6.07) is 10.3. The molecule has 98 valence electrons. The maximum absolute atomic E-state index is 11.6. The zero-order valence-electron chi connectivity index (χ0n) is 10.7. The van der Waals surface area contributed by atoms with Crippen LogP contribution in [-0.4, -0.2) is 37.1 Å². The van der Waals surface area contributed by atoms with Crippen LogP contribution >= 0.6 is 0 Å². The lowest BCUT2D eigenvalue weighted by Crippen LogP contribution is -2.48. The van der Waals surface area contributed by atoms with Gasteiger partial charge in [0.1, 0.15) is 0 Å². The second-order valence-corrected chi connectivity index (χ2v) is 4.90. The Morgan fingerprint density at radius 1 is 1.39 bits per heavy atom. The SMILES string of the molecule is COC(=O)C1CC(N)CN(Cc2ccccc2)C1. The minimum absolute atomic E-state index is 0.0477. The number of rotatable bonds is 3. The second kappa shape index (κ2) is 5.98. The van der Waals surface area contributed by atoms with Gasteiger partial charge in [0.05, 0.1) is 13.0 Å². The first-order valence-corrected chi connectivity index (χ1v) is 6.28. The predicted octanol–water partition coefficient (Wildman–Crippen LogP) is 1.01. The fraction of sp³-hybridized carbons (Fsp3) is 0.500. The van der Waals surface area contributed by atoms with Crippen LogP contribution in [0.2, 0.25) is 0 Å². The summed E-state index contributed by atoms with van der Waals surface area (Å²) in [6.07, 6.45) is 0.720. The number of ether oxygens (including phenoxy) is 1. The Morgan fingerprint density at radius 3 is 2.78 bits per heavy atom. The number of carbonyl (C=O) groups is 1. The van der Waals surface area contributed by atoms with E-state index < -0.39 is 0 Å². The number of likely N-dealkylation sites (tertiary alicyclic amines) is 1. The van der Waals surface area contributed by atoms with Gasteiger partial charge in [-0.1, -0.05) is 30.3 Å². The van der Waals surface area contributed by atoms with Crippen molar-refractivity contribution in [2.45, 2.75) is 19.0 Å². The van der Waals surface area contributed by atoms with Gasteiger partial charge >= 0.3 is 5.97 Å². The molecule has 18 heavy (non-hydrogen) atoms. The number of hydrogen-bond acceptors (Lipinski definition) is 4. The highest BCUT2D eigenvalue weighted by Gasteiger charge is 2.30. The van der Waals surface area contributed by atoms with E-state index in [0.717, 1.165) is 26.1 Å². The van der Waals surface area contributed by atoms with Gasteiger partial charge in [0.25, 0.3) is 0 Å². The summed E-state index contributed by atoms with van der Waals surface area (Å²) in [5, 5.41) is 0. The molecule has 2 atom stereocenters. The number of nitrogens with zero attached hydrogens (tertiary/aromatic N) is 1. The lowest BCUT2D eigenvalue weighted by molar-refractivity contribution is -0.147. The molecule has 2 rings (SSSR count). The van der Waals surface area contributed by atoms with Gasteiger partial charge < -0.3 is 10.5 Å². The zero-order chi connectivity index (χ0) is 13.0. The average Bonchev–Trinajstić information content (AvgIpc) is 2.38. The quantitative estimate of drug-likeness (QED) is 0.811. The molecule has 0 saturated carbocycles. The predicted molar refractivity (Wildman–Crippen MR) is 69.8 cm³/mol. The van der Waals surface area contributed by atoms with Gasteiger partial charge in [-0.3, -0.25) is 9.69 Å². The van der Waals surface area contributed by atoms with Crippen LogP contribution in [0.25, 0.3) is 0 Å². The van der Waals surface area contributed by atoms with E-state index in [1.165, 1.54) is 12.7 Å². The Morgan fingerprint density at radius 2 is 2.11 bits per heavy atom. The number of piperidine rings is 1. The molecular weight excluding hydrogens is 228 g/mol. The molecule has 1 fully saturated rings. The van der Waals surface area contributed by atoms with E-state index in [9.17, 15) is 4.79 Å². The van der Waals surface area contributed by atoms with Crippen molar-refractivity contribution in [3.05, 3.63) is 35.9 Å². The third-order valence-corrected chi connectivity index (χ3v) is 3.34. The molecule has 0 bridgehead atoms. The number of benzene rings is 1. The Bertz CT molecular complexity index is 394. The van der Waals surface area contributed by atoms with E-state index in [4.69, 9.17) is 10.5 Å². The van der Waals surface area contributed by atoms with Crippen LogP contribution < -0.4 is 5.73 Å². The van der Waals surface area contributed by atoms with E-state index >= 15 is 0 Å². The van der Waals surface area contributed by atoms with Gasteiger partial charge in [-0.15, -0.1) is 0 Å². The topological polar surface area (TPSA) is 55.6 Å². The molecule has 0 radical (unpaired) electrons. The molecule has 0 aliphatic carbocycles. The molecule has 1 aliphatic rings. The van der Waals surface area contributed by atoms with Crippen LogP contribution in [-0.2, 0) is 16.1 Å². The molecule has 1 aromatic carbocycles. The van der Waals surface area contributed by atoms with Crippen molar-refractivity contribution in [1.29, 1.82) is 0 Å². The summed E-state index contributed by atoms with van der Waals surface area (Å²) >= 11 is 0. The number of esters is 1. The van der Waals surface area contributed by atoms with Crippen LogP contribution in [0.4, 0.5) is 0 Å². The van der Waals surface area contributed by atoms with Gasteiger partial charge in [-0.05, 0) is 12.0 Å². The molecule has 4 nitrogen and oxygen atoms in total. The Hall–Kier alpha value is -1.39. The summed E-state index contributed by atoms with van der Waals surface area (Å²) in [6.45, 7) is 2.40. The smallest absolute Gasteiger partial charge is 0.310 e. The van der Waals surface area contributed by atoms with Crippen LogP contribution in [0.15, 0.2) is 30.3 Å². The van der Waals surface area contributed by atoms with Crippen LogP contribution in [0.5, 0.6) is 0 Å². The zero-order valence-corrected chi connectivity index (χ0v) is 10.7. The van der Waals surface area contributed by atoms with Gasteiger partial charge in [-0.25, -0.2) is 0 Å². The molecule has 1 saturated heterocycles. The van der Waals surface area contributed by atoms with E-state index in [0.29, 0.717) is 0 Å². The molecule has 4 heteroatoms. The minimum atomic E-state index is -0.150.